The van der Waals surface area contributed by atoms with Crippen LogP contribution in [0.15, 0.2) is 52.9 Å². The first kappa shape index (κ1) is 30.2. The summed E-state index contributed by atoms with van der Waals surface area (Å²) in [7, 11) is 3.30. The molecule has 0 bridgehead atoms. The van der Waals surface area contributed by atoms with Gasteiger partial charge in [0.2, 0.25) is 5.75 Å². The van der Waals surface area contributed by atoms with Crippen LogP contribution in [-0.4, -0.2) is 40.5 Å². The predicted molar refractivity (Wildman–Crippen MR) is 158 cm³/mol. The molecule has 3 aliphatic rings. The first-order chi connectivity index (χ1) is 20.0. The third kappa shape index (κ3) is 5.37. The first-order valence-corrected chi connectivity index (χ1v) is 14.2. The number of hydrogen-bond acceptors (Lipinski definition) is 9. The third-order valence-electron chi connectivity index (χ3n) is 8.33. The summed E-state index contributed by atoms with van der Waals surface area (Å²) < 4.78 is 11.4. The van der Waals surface area contributed by atoms with Crippen molar-refractivity contribution in [2.45, 2.75) is 59.3 Å². The lowest BCUT2D eigenvalue weighted by molar-refractivity contribution is -0.394. The van der Waals surface area contributed by atoms with Gasteiger partial charge in [0.25, 0.3) is 5.69 Å². The van der Waals surface area contributed by atoms with Gasteiger partial charge in [0.05, 0.1) is 28.0 Å². The maximum absolute atomic E-state index is 13.8. The lowest BCUT2D eigenvalue weighted by Crippen LogP contribution is -2.43. The van der Waals surface area contributed by atoms with Crippen LogP contribution in [0.4, 0.5) is 11.4 Å². The van der Waals surface area contributed by atoms with Crippen molar-refractivity contribution in [3.05, 3.63) is 83.7 Å². The monoisotopic (exact) mass is 609 g/mol. The van der Waals surface area contributed by atoms with E-state index in [0.717, 1.165) is 29.6 Å². The Hall–Kier alpha value is -4.25. The number of rotatable bonds is 6. The summed E-state index contributed by atoms with van der Waals surface area (Å²) in [5, 5.41) is 22.9. The van der Waals surface area contributed by atoms with E-state index in [1.807, 2.05) is 11.9 Å². The minimum absolute atomic E-state index is 0.0254. The van der Waals surface area contributed by atoms with E-state index in [0.29, 0.717) is 42.4 Å². The largest absolute Gasteiger partial charge is 0.493 e. The molecule has 0 unspecified atom stereocenters. The molecule has 0 N–H and O–H groups in total. The van der Waals surface area contributed by atoms with E-state index in [1.165, 1.54) is 7.11 Å². The summed E-state index contributed by atoms with van der Waals surface area (Å²) in [5.41, 5.74) is 1.84. The molecule has 2 aromatic carbocycles. The number of non-ortho nitro benzene ring substituents is 1. The van der Waals surface area contributed by atoms with Gasteiger partial charge in [-0.15, -0.1) is 0 Å². The molecule has 0 spiro atoms. The van der Waals surface area contributed by atoms with Crippen molar-refractivity contribution in [1.82, 2.24) is 4.90 Å². The Labute approximate surface area is 253 Å². The fourth-order valence-corrected chi connectivity index (χ4v) is 6.72. The second-order valence-electron chi connectivity index (χ2n) is 12.9. The molecule has 0 amide bonds. The Balaban J connectivity index is 1.67. The number of halogens is 1. The van der Waals surface area contributed by atoms with Crippen LogP contribution in [0.1, 0.15) is 64.9 Å². The topological polar surface area (TPSA) is 142 Å². The average Bonchev–Trinajstić information content (AvgIpc) is 2.89. The first-order valence-electron chi connectivity index (χ1n) is 13.8. The maximum Gasteiger partial charge on any atom is 0.318 e. The molecule has 0 aromatic heterocycles. The van der Waals surface area contributed by atoms with Crippen LogP contribution in [0.5, 0.6) is 17.2 Å². The van der Waals surface area contributed by atoms with E-state index in [2.05, 4.69) is 27.7 Å². The molecule has 1 heterocycles. The number of ether oxygens (including phenoxy) is 2. The summed E-state index contributed by atoms with van der Waals surface area (Å²) in [4.78, 5) is 50.9. The highest BCUT2D eigenvalue weighted by atomic mass is 35.5. The molecule has 1 aliphatic heterocycles. The van der Waals surface area contributed by atoms with Crippen LogP contribution in [0.25, 0.3) is 0 Å². The summed E-state index contributed by atoms with van der Waals surface area (Å²) in [6, 6.07) is 6.22. The van der Waals surface area contributed by atoms with Crippen LogP contribution in [0, 0.1) is 31.1 Å². The van der Waals surface area contributed by atoms with Gasteiger partial charge < -0.3 is 14.4 Å². The van der Waals surface area contributed by atoms with Crippen molar-refractivity contribution in [2.24, 2.45) is 10.8 Å². The van der Waals surface area contributed by atoms with E-state index >= 15 is 0 Å². The number of nitrogens with zero attached hydrogens (tertiary/aromatic N) is 3. The number of carbonyl (C=O) groups excluding carboxylic acids is 2. The Bertz CT molecular complexity index is 1620. The second kappa shape index (κ2) is 10.5. The van der Waals surface area contributed by atoms with Gasteiger partial charge in [-0.25, -0.2) is 0 Å². The van der Waals surface area contributed by atoms with Gasteiger partial charge in [-0.1, -0.05) is 39.3 Å². The van der Waals surface area contributed by atoms with Crippen molar-refractivity contribution in [2.75, 3.05) is 14.2 Å². The van der Waals surface area contributed by atoms with Crippen LogP contribution in [0.3, 0.4) is 0 Å². The minimum atomic E-state index is -0.788. The van der Waals surface area contributed by atoms with Crippen molar-refractivity contribution in [3.63, 3.8) is 0 Å². The molecule has 0 saturated carbocycles. The molecular formula is C31H32ClN3O8. The molecular weight excluding hydrogens is 578 g/mol. The maximum atomic E-state index is 13.8. The number of carbonyl (C=O) groups is 2. The van der Waals surface area contributed by atoms with E-state index in [1.54, 1.807) is 12.1 Å². The quantitative estimate of drug-likeness (QED) is 0.244. The van der Waals surface area contributed by atoms with Crippen LogP contribution in [-0.2, 0) is 9.59 Å². The van der Waals surface area contributed by atoms with Gasteiger partial charge >= 0.3 is 5.69 Å². The molecule has 5 rings (SSSR count). The van der Waals surface area contributed by atoms with E-state index in [-0.39, 0.29) is 44.7 Å². The summed E-state index contributed by atoms with van der Waals surface area (Å²) in [6.45, 7) is 8.23. The number of Topliss-reactive ketones (excluding diaryl/α,β-unsaturated/α-hetero) is 2. The number of benzene rings is 2. The Kier molecular flexibility index (Phi) is 7.36. The molecule has 12 heteroatoms. The summed E-state index contributed by atoms with van der Waals surface area (Å²) in [6.07, 6.45) is 1.97. The summed E-state index contributed by atoms with van der Waals surface area (Å²) >= 11 is 6.74. The SMILES string of the molecule is COc1cc(C2C3=C(CC(C)(C)CC3=O)N(C)C3=C2C(=O)CC(C)(C)C3)cc(Cl)c1Oc1ccc([N+](=O)[O-])cc1[N+](=O)[O-]. The Morgan fingerprint density at radius 2 is 1.42 bits per heavy atom. The zero-order valence-corrected chi connectivity index (χ0v) is 25.5. The van der Waals surface area contributed by atoms with E-state index in [9.17, 15) is 29.8 Å². The van der Waals surface area contributed by atoms with Crippen molar-refractivity contribution in [1.29, 1.82) is 0 Å². The zero-order valence-electron chi connectivity index (χ0n) is 24.8. The van der Waals surface area contributed by atoms with Crippen molar-refractivity contribution in [3.8, 4) is 17.2 Å². The number of nitro benzene ring substituents is 2. The summed E-state index contributed by atoms with van der Waals surface area (Å²) in [5.74, 6) is -0.956. The van der Waals surface area contributed by atoms with E-state index in [4.69, 9.17) is 21.1 Å². The number of hydrogen-bond donors (Lipinski definition) is 0. The van der Waals surface area contributed by atoms with Crippen LogP contribution >= 0.6 is 11.6 Å². The highest BCUT2D eigenvalue weighted by Crippen LogP contribution is 2.55. The molecule has 0 fully saturated rings. The smallest absolute Gasteiger partial charge is 0.318 e. The second-order valence-corrected chi connectivity index (χ2v) is 13.3. The molecule has 43 heavy (non-hydrogen) atoms. The van der Waals surface area contributed by atoms with Crippen molar-refractivity contribution >= 4 is 34.5 Å². The zero-order chi connectivity index (χ0) is 31.6. The Morgan fingerprint density at radius 1 is 0.860 bits per heavy atom. The highest BCUT2D eigenvalue weighted by molar-refractivity contribution is 6.32. The normalized spacial score (nSPS) is 19.7. The molecule has 0 saturated heterocycles. The van der Waals surface area contributed by atoms with Gasteiger partial charge in [0, 0.05) is 54.4 Å². The van der Waals surface area contributed by atoms with Gasteiger partial charge in [-0.05, 0) is 47.4 Å². The van der Waals surface area contributed by atoms with Gasteiger partial charge in [0.1, 0.15) is 0 Å². The van der Waals surface area contributed by atoms with E-state index < -0.39 is 27.1 Å². The molecule has 0 radical (unpaired) electrons. The standard InChI is InChI=1S/C31H32ClN3O8/c1-30(2)12-20-27(22(36)14-30)26(28-21(33(20)5)13-31(3,4)15-23(28)37)16-9-18(32)29(25(10-16)42-6)43-24-8-7-17(34(38)39)11-19(24)35(40)41/h7-11,26H,12-15H2,1-6H3. The number of ketones is 2. The molecule has 226 valence electrons. The van der Waals surface area contributed by atoms with Crippen molar-refractivity contribution < 1.29 is 28.9 Å². The molecule has 0 atom stereocenters. The van der Waals surface area contributed by atoms with Gasteiger partial charge in [0.15, 0.2) is 23.1 Å². The number of nitro groups is 2. The lowest BCUT2D eigenvalue weighted by atomic mass is 9.63. The highest BCUT2D eigenvalue weighted by Gasteiger charge is 2.48. The van der Waals surface area contributed by atoms with Gasteiger partial charge in [-0.2, -0.15) is 0 Å². The lowest BCUT2D eigenvalue weighted by Gasteiger charge is -2.48. The molecule has 2 aliphatic carbocycles. The number of methoxy groups -OCH3 is 1. The molecule has 2 aromatic rings. The number of allylic oxidation sites excluding steroid dienone is 4. The molecule has 11 nitrogen and oxygen atoms in total. The fraction of sp³-hybridized carbons (Fsp3) is 0.419. The van der Waals surface area contributed by atoms with Gasteiger partial charge in [-0.3, -0.25) is 29.8 Å². The predicted octanol–water partition coefficient (Wildman–Crippen LogP) is 7.27. The minimum Gasteiger partial charge on any atom is -0.493 e. The third-order valence-corrected chi connectivity index (χ3v) is 8.61. The Morgan fingerprint density at radius 3 is 1.91 bits per heavy atom. The van der Waals surface area contributed by atoms with Crippen LogP contribution in [0.2, 0.25) is 5.02 Å². The fourth-order valence-electron chi connectivity index (χ4n) is 6.46. The average molecular weight is 610 g/mol. The van der Waals surface area contributed by atoms with Crippen LogP contribution < -0.4 is 9.47 Å².